The molecule has 0 spiro atoms. The molecule has 4 heteroatoms. The number of benzene rings is 1. The van der Waals surface area contributed by atoms with Gasteiger partial charge in [0.15, 0.2) is 0 Å². The number of aromatic nitrogens is 2. The van der Waals surface area contributed by atoms with Crippen molar-refractivity contribution in [3.8, 4) is 5.75 Å². The summed E-state index contributed by atoms with van der Waals surface area (Å²) in [5.74, 6) is 0.875. The molecular weight excluding hydrogens is 240 g/mol. The van der Waals surface area contributed by atoms with Gasteiger partial charge in [-0.25, -0.2) is 0 Å². The summed E-state index contributed by atoms with van der Waals surface area (Å²) in [6, 6.07) is 9.55. The molecule has 1 unspecified atom stereocenters. The van der Waals surface area contributed by atoms with Gasteiger partial charge in [0.2, 0.25) is 0 Å². The van der Waals surface area contributed by atoms with Crippen LogP contribution in [-0.4, -0.2) is 21.0 Å². The molecule has 1 saturated carbocycles. The first-order chi connectivity index (χ1) is 9.13. The number of rotatable bonds is 4. The Bertz CT molecular complexity index is 570. The minimum absolute atomic E-state index is 0.399. The molecule has 1 heterocycles. The zero-order valence-corrected chi connectivity index (χ0v) is 11.2. The molecule has 1 fully saturated rings. The van der Waals surface area contributed by atoms with Crippen molar-refractivity contribution in [1.29, 1.82) is 0 Å². The third-order valence-corrected chi connectivity index (χ3v) is 3.34. The van der Waals surface area contributed by atoms with Crippen LogP contribution in [0.15, 0.2) is 30.3 Å². The van der Waals surface area contributed by atoms with Crippen molar-refractivity contribution in [2.45, 2.75) is 32.0 Å². The first-order valence-electron chi connectivity index (χ1n) is 6.59. The Labute approximate surface area is 112 Å². The quantitative estimate of drug-likeness (QED) is 0.915. The van der Waals surface area contributed by atoms with Gasteiger partial charge in [-0.05, 0) is 43.5 Å². The molecule has 0 aliphatic heterocycles. The Hall–Kier alpha value is -1.81. The summed E-state index contributed by atoms with van der Waals surface area (Å²) in [6.45, 7) is 1.92. The van der Waals surface area contributed by atoms with E-state index in [9.17, 15) is 5.11 Å². The van der Waals surface area contributed by atoms with Crippen molar-refractivity contribution in [2.24, 2.45) is 7.05 Å². The number of aryl methyl sites for hydroxylation is 2. The van der Waals surface area contributed by atoms with Crippen LogP contribution in [0.3, 0.4) is 0 Å². The predicted octanol–water partition coefficient (Wildman–Crippen LogP) is 2.35. The van der Waals surface area contributed by atoms with Gasteiger partial charge in [0.05, 0.1) is 17.5 Å². The normalized spacial score (nSPS) is 16.4. The van der Waals surface area contributed by atoms with E-state index in [4.69, 9.17) is 4.74 Å². The topological polar surface area (TPSA) is 47.3 Å². The van der Waals surface area contributed by atoms with Crippen LogP contribution in [0.4, 0.5) is 0 Å². The lowest BCUT2D eigenvalue weighted by molar-refractivity contribution is 0.209. The van der Waals surface area contributed by atoms with E-state index in [1.54, 1.807) is 4.68 Å². The summed E-state index contributed by atoms with van der Waals surface area (Å²) in [5, 5.41) is 14.6. The fourth-order valence-electron chi connectivity index (χ4n) is 2.16. The van der Waals surface area contributed by atoms with Gasteiger partial charge in [0.1, 0.15) is 11.9 Å². The van der Waals surface area contributed by atoms with Crippen LogP contribution < -0.4 is 4.74 Å². The van der Waals surface area contributed by atoms with Gasteiger partial charge in [-0.2, -0.15) is 5.10 Å². The van der Waals surface area contributed by atoms with Gasteiger partial charge in [-0.3, -0.25) is 4.68 Å². The molecular formula is C15H18N2O2. The van der Waals surface area contributed by atoms with Crippen molar-refractivity contribution >= 4 is 0 Å². The summed E-state index contributed by atoms with van der Waals surface area (Å²) in [5.41, 5.74) is 2.56. The third kappa shape index (κ3) is 2.63. The van der Waals surface area contributed by atoms with Crippen LogP contribution in [0, 0.1) is 6.92 Å². The van der Waals surface area contributed by atoms with Crippen LogP contribution in [0.1, 0.15) is 35.9 Å². The number of aliphatic hydroxyl groups excluding tert-OH is 1. The van der Waals surface area contributed by atoms with Crippen LogP contribution >= 0.6 is 0 Å². The van der Waals surface area contributed by atoms with Gasteiger partial charge in [-0.1, -0.05) is 12.1 Å². The molecule has 1 aromatic carbocycles. The van der Waals surface area contributed by atoms with E-state index in [0.717, 1.165) is 35.5 Å². The molecule has 2 aromatic rings. The average molecular weight is 258 g/mol. The Morgan fingerprint density at radius 3 is 2.53 bits per heavy atom. The van der Waals surface area contributed by atoms with E-state index in [2.05, 4.69) is 5.10 Å². The lowest BCUT2D eigenvalue weighted by Crippen LogP contribution is -2.06. The molecule has 19 heavy (non-hydrogen) atoms. The monoisotopic (exact) mass is 258 g/mol. The highest BCUT2D eigenvalue weighted by Crippen LogP contribution is 2.28. The van der Waals surface area contributed by atoms with E-state index in [1.807, 2.05) is 44.3 Å². The second-order valence-corrected chi connectivity index (χ2v) is 5.12. The van der Waals surface area contributed by atoms with E-state index in [-0.39, 0.29) is 0 Å². The maximum Gasteiger partial charge on any atom is 0.121 e. The second kappa shape index (κ2) is 4.70. The molecule has 100 valence electrons. The minimum Gasteiger partial charge on any atom is -0.490 e. The molecule has 0 radical (unpaired) electrons. The van der Waals surface area contributed by atoms with Gasteiger partial charge in [0.25, 0.3) is 0 Å². The fraction of sp³-hybridized carbons (Fsp3) is 0.400. The van der Waals surface area contributed by atoms with E-state index >= 15 is 0 Å². The van der Waals surface area contributed by atoms with Crippen molar-refractivity contribution < 1.29 is 9.84 Å². The van der Waals surface area contributed by atoms with Crippen molar-refractivity contribution in [3.05, 3.63) is 47.3 Å². The summed E-state index contributed by atoms with van der Waals surface area (Å²) >= 11 is 0. The van der Waals surface area contributed by atoms with Crippen LogP contribution in [0.5, 0.6) is 5.75 Å². The highest BCUT2D eigenvalue weighted by atomic mass is 16.5. The Balaban J connectivity index is 1.78. The van der Waals surface area contributed by atoms with Gasteiger partial charge < -0.3 is 9.84 Å². The zero-order chi connectivity index (χ0) is 13.4. The maximum atomic E-state index is 10.4. The van der Waals surface area contributed by atoms with Crippen molar-refractivity contribution in [1.82, 2.24) is 9.78 Å². The third-order valence-electron chi connectivity index (χ3n) is 3.34. The number of aliphatic hydroxyl groups is 1. The minimum atomic E-state index is -0.652. The Kier molecular flexibility index (Phi) is 3.03. The zero-order valence-electron chi connectivity index (χ0n) is 11.2. The number of hydrogen-bond donors (Lipinski definition) is 1. The molecule has 1 aliphatic carbocycles. The van der Waals surface area contributed by atoms with Crippen LogP contribution in [0.2, 0.25) is 0 Å². The first kappa shape index (κ1) is 12.2. The van der Waals surface area contributed by atoms with Crippen molar-refractivity contribution in [3.63, 3.8) is 0 Å². The molecule has 3 rings (SSSR count). The molecule has 1 atom stereocenters. The lowest BCUT2D eigenvalue weighted by atomic mass is 10.1. The fourth-order valence-corrected chi connectivity index (χ4v) is 2.16. The van der Waals surface area contributed by atoms with Crippen LogP contribution in [-0.2, 0) is 7.05 Å². The maximum absolute atomic E-state index is 10.4. The molecule has 4 nitrogen and oxygen atoms in total. The SMILES string of the molecule is Cc1cc(C(O)c2ccc(OC3CC3)cc2)n(C)n1. The molecule has 1 aromatic heterocycles. The predicted molar refractivity (Wildman–Crippen MR) is 72.1 cm³/mol. The summed E-state index contributed by atoms with van der Waals surface area (Å²) in [4.78, 5) is 0. The first-order valence-corrected chi connectivity index (χ1v) is 6.59. The Morgan fingerprint density at radius 1 is 1.32 bits per heavy atom. The van der Waals surface area contributed by atoms with E-state index in [1.165, 1.54) is 0 Å². The number of hydrogen-bond acceptors (Lipinski definition) is 3. The van der Waals surface area contributed by atoms with Gasteiger partial charge in [0, 0.05) is 7.05 Å². The standard InChI is InChI=1S/C15H18N2O2/c1-10-9-14(17(2)16-10)15(18)11-3-5-12(6-4-11)19-13-7-8-13/h3-6,9,13,15,18H,7-8H2,1-2H3. The summed E-state index contributed by atoms with van der Waals surface area (Å²) in [7, 11) is 1.84. The molecule has 0 bridgehead atoms. The molecule has 0 amide bonds. The number of nitrogens with zero attached hydrogens (tertiary/aromatic N) is 2. The number of ether oxygens (including phenoxy) is 1. The highest BCUT2D eigenvalue weighted by Gasteiger charge is 2.23. The van der Waals surface area contributed by atoms with Gasteiger partial charge in [-0.15, -0.1) is 0 Å². The highest BCUT2D eigenvalue weighted by molar-refractivity contribution is 5.32. The summed E-state index contributed by atoms with van der Waals surface area (Å²) < 4.78 is 7.41. The van der Waals surface area contributed by atoms with Crippen molar-refractivity contribution in [2.75, 3.05) is 0 Å². The van der Waals surface area contributed by atoms with Gasteiger partial charge >= 0.3 is 0 Å². The largest absolute Gasteiger partial charge is 0.490 e. The second-order valence-electron chi connectivity index (χ2n) is 5.12. The summed E-state index contributed by atoms with van der Waals surface area (Å²) in [6.07, 6.45) is 2.05. The molecule has 1 aliphatic rings. The van der Waals surface area contributed by atoms with Crippen LogP contribution in [0.25, 0.3) is 0 Å². The average Bonchev–Trinajstić information content (AvgIpc) is 3.13. The molecule has 0 saturated heterocycles. The molecule has 1 N–H and O–H groups in total. The Morgan fingerprint density at radius 2 is 2.00 bits per heavy atom. The smallest absolute Gasteiger partial charge is 0.121 e. The lowest BCUT2D eigenvalue weighted by Gasteiger charge is -2.12. The van der Waals surface area contributed by atoms with E-state index in [0.29, 0.717) is 6.10 Å². The van der Waals surface area contributed by atoms with E-state index < -0.39 is 6.10 Å².